The lowest BCUT2D eigenvalue weighted by Gasteiger charge is -2.16. The van der Waals surface area contributed by atoms with Crippen LogP contribution in [0.4, 0.5) is 5.69 Å². The Morgan fingerprint density at radius 2 is 1.75 bits per heavy atom. The summed E-state index contributed by atoms with van der Waals surface area (Å²) >= 11 is 0. The number of hydrogen-bond acceptors (Lipinski definition) is 3. The summed E-state index contributed by atoms with van der Waals surface area (Å²) in [5.74, 6) is -0.162. The fourth-order valence-electron chi connectivity index (χ4n) is 3.76. The van der Waals surface area contributed by atoms with Crippen molar-refractivity contribution in [2.45, 2.75) is 32.6 Å². The summed E-state index contributed by atoms with van der Waals surface area (Å²) in [5.41, 5.74) is 8.38. The van der Waals surface area contributed by atoms with Crippen molar-refractivity contribution >= 4 is 28.1 Å². The highest BCUT2D eigenvalue weighted by atomic mass is 16.2. The molecule has 0 radical (unpaired) electrons. The standard InChI is InChI=1S/C24H25N3O/c1-17(20-14-13-18-7-2-3-9-21(18)15-20)26-27-24(28)16-25-23-12-6-10-19-8-4-5-11-22(19)23/h4-6,8,10-15,25H,2-3,7,9,16H2,1H3,(H,27,28). The number of benzene rings is 3. The summed E-state index contributed by atoms with van der Waals surface area (Å²) in [7, 11) is 0. The van der Waals surface area contributed by atoms with E-state index in [-0.39, 0.29) is 12.5 Å². The summed E-state index contributed by atoms with van der Waals surface area (Å²) in [6.45, 7) is 2.11. The van der Waals surface area contributed by atoms with Gasteiger partial charge in [-0.1, -0.05) is 48.5 Å². The number of carbonyl (C=O) groups excluding carboxylic acids is 1. The molecular formula is C24H25N3O. The maximum absolute atomic E-state index is 12.2. The number of hydrazone groups is 1. The Morgan fingerprint density at radius 1 is 0.964 bits per heavy atom. The maximum Gasteiger partial charge on any atom is 0.259 e. The number of rotatable bonds is 5. The molecule has 4 heteroatoms. The highest BCUT2D eigenvalue weighted by Crippen LogP contribution is 2.23. The molecule has 0 fully saturated rings. The molecule has 1 aliphatic rings. The average molecular weight is 371 g/mol. The molecule has 3 aromatic carbocycles. The van der Waals surface area contributed by atoms with Crippen molar-refractivity contribution in [3.8, 4) is 0 Å². The van der Waals surface area contributed by atoms with E-state index in [1.807, 2.05) is 37.3 Å². The van der Waals surface area contributed by atoms with Gasteiger partial charge in [0.1, 0.15) is 0 Å². The molecule has 0 heterocycles. The minimum atomic E-state index is -0.162. The van der Waals surface area contributed by atoms with Crippen LogP contribution in [0.25, 0.3) is 10.8 Å². The van der Waals surface area contributed by atoms with Gasteiger partial charge in [0.05, 0.1) is 12.3 Å². The molecule has 0 saturated heterocycles. The number of aryl methyl sites for hydroxylation is 2. The zero-order valence-electron chi connectivity index (χ0n) is 16.2. The lowest BCUT2D eigenvalue weighted by atomic mass is 9.90. The lowest BCUT2D eigenvalue weighted by Crippen LogP contribution is -2.26. The minimum absolute atomic E-state index is 0.162. The first-order chi connectivity index (χ1) is 13.7. The van der Waals surface area contributed by atoms with Gasteiger partial charge >= 0.3 is 0 Å². The fourth-order valence-corrected chi connectivity index (χ4v) is 3.76. The molecule has 0 unspecified atom stereocenters. The van der Waals surface area contributed by atoms with Crippen LogP contribution in [-0.4, -0.2) is 18.2 Å². The number of anilines is 1. The van der Waals surface area contributed by atoms with Crippen LogP contribution in [-0.2, 0) is 17.6 Å². The van der Waals surface area contributed by atoms with Crippen LogP contribution < -0.4 is 10.7 Å². The van der Waals surface area contributed by atoms with Crippen molar-refractivity contribution in [3.05, 3.63) is 77.4 Å². The van der Waals surface area contributed by atoms with Crippen LogP contribution in [0.5, 0.6) is 0 Å². The largest absolute Gasteiger partial charge is 0.376 e. The van der Waals surface area contributed by atoms with Crippen molar-refractivity contribution in [1.29, 1.82) is 0 Å². The summed E-state index contributed by atoms with van der Waals surface area (Å²) < 4.78 is 0. The van der Waals surface area contributed by atoms with Crippen LogP contribution >= 0.6 is 0 Å². The number of fused-ring (bicyclic) bond motifs is 2. The van der Waals surface area contributed by atoms with Crippen molar-refractivity contribution in [1.82, 2.24) is 5.43 Å². The Bertz CT molecular complexity index is 1030. The monoisotopic (exact) mass is 371 g/mol. The van der Waals surface area contributed by atoms with E-state index in [4.69, 9.17) is 0 Å². The van der Waals surface area contributed by atoms with Gasteiger partial charge in [-0.15, -0.1) is 0 Å². The van der Waals surface area contributed by atoms with Crippen molar-refractivity contribution in [2.75, 3.05) is 11.9 Å². The lowest BCUT2D eigenvalue weighted by molar-refractivity contribution is -0.119. The Morgan fingerprint density at radius 3 is 2.64 bits per heavy atom. The van der Waals surface area contributed by atoms with Gasteiger partial charge in [0.15, 0.2) is 0 Å². The topological polar surface area (TPSA) is 53.5 Å². The summed E-state index contributed by atoms with van der Waals surface area (Å²) in [6, 6.07) is 20.7. The molecule has 0 atom stereocenters. The molecule has 1 aliphatic carbocycles. The first-order valence-corrected chi connectivity index (χ1v) is 9.87. The van der Waals surface area contributed by atoms with Gasteiger partial charge < -0.3 is 5.32 Å². The number of nitrogens with one attached hydrogen (secondary N) is 2. The van der Waals surface area contributed by atoms with E-state index < -0.39 is 0 Å². The summed E-state index contributed by atoms with van der Waals surface area (Å²) in [5, 5.41) is 9.76. The Balaban J connectivity index is 1.38. The Labute approximate surface area is 165 Å². The minimum Gasteiger partial charge on any atom is -0.376 e. The molecule has 1 amide bonds. The predicted octanol–water partition coefficient (Wildman–Crippen LogP) is 4.67. The van der Waals surface area contributed by atoms with Crippen molar-refractivity contribution in [2.24, 2.45) is 5.10 Å². The SMILES string of the molecule is CC(=NNC(=O)CNc1cccc2ccccc12)c1ccc2c(c1)CCCC2. The third-order valence-electron chi connectivity index (χ3n) is 5.34. The zero-order chi connectivity index (χ0) is 19.3. The van der Waals surface area contributed by atoms with Crippen LogP contribution in [0.2, 0.25) is 0 Å². The van der Waals surface area contributed by atoms with Crippen LogP contribution in [0, 0.1) is 0 Å². The Hall–Kier alpha value is -3.14. The third kappa shape index (κ3) is 4.06. The van der Waals surface area contributed by atoms with Crippen molar-refractivity contribution < 1.29 is 4.79 Å². The number of amides is 1. The highest BCUT2D eigenvalue weighted by Gasteiger charge is 2.10. The van der Waals surface area contributed by atoms with Gasteiger partial charge in [0.25, 0.3) is 5.91 Å². The smallest absolute Gasteiger partial charge is 0.259 e. The van der Waals surface area contributed by atoms with Gasteiger partial charge in [-0.2, -0.15) is 5.10 Å². The fraction of sp³-hybridized carbons (Fsp3) is 0.250. The zero-order valence-corrected chi connectivity index (χ0v) is 16.2. The number of carbonyl (C=O) groups is 1. The third-order valence-corrected chi connectivity index (χ3v) is 5.34. The molecule has 0 spiro atoms. The van der Waals surface area contributed by atoms with E-state index >= 15 is 0 Å². The molecule has 4 rings (SSSR count). The average Bonchev–Trinajstić information content (AvgIpc) is 2.75. The maximum atomic E-state index is 12.2. The van der Waals surface area contributed by atoms with Gasteiger partial charge in [-0.3, -0.25) is 4.79 Å². The normalized spacial score (nSPS) is 13.8. The summed E-state index contributed by atoms with van der Waals surface area (Å²) in [4.78, 5) is 12.2. The molecule has 142 valence electrons. The first-order valence-electron chi connectivity index (χ1n) is 9.87. The van der Waals surface area contributed by atoms with E-state index in [1.54, 1.807) is 0 Å². The predicted molar refractivity (Wildman–Crippen MR) is 116 cm³/mol. The van der Waals surface area contributed by atoms with Gasteiger partial charge in [-0.05, 0) is 66.8 Å². The van der Waals surface area contributed by atoms with E-state index in [0.717, 1.165) is 34.2 Å². The first kappa shape index (κ1) is 18.2. The second-order valence-corrected chi connectivity index (χ2v) is 7.30. The molecule has 0 aromatic heterocycles. The Kier molecular flexibility index (Phi) is 5.38. The van der Waals surface area contributed by atoms with Crippen molar-refractivity contribution in [3.63, 3.8) is 0 Å². The molecule has 28 heavy (non-hydrogen) atoms. The number of hydrogen-bond donors (Lipinski definition) is 2. The molecule has 0 bridgehead atoms. The van der Waals surface area contributed by atoms with Gasteiger partial charge in [-0.25, -0.2) is 5.43 Å². The summed E-state index contributed by atoms with van der Waals surface area (Å²) in [6.07, 6.45) is 4.84. The van der Waals surface area contributed by atoms with Crippen LogP contribution in [0.3, 0.4) is 0 Å². The van der Waals surface area contributed by atoms with E-state index in [9.17, 15) is 4.79 Å². The van der Waals surface area contributed by atoms with Gasteiger partial charge in [0.2, 0.25) is 0 Å². The quantitative estimate of drug-likeness (QED) is 0.506. The number of nitrogens with zero attached hydrogens (tertiary/aromatic N) is 1. The van der Waals surface area contributed by atoms with Gasteiger partial charge in [0, 0.05) is 11.1 Å². The molecule has 0 saturated carbocycles. The van der Waals surface area contributed by atoms with E-state index in [0.29, 0.717) is 0 Å². The molecule has 4 nitrogen and oxygen atoms in total. The second-order valence-electron chi connectivity index (χ2n) is 7.30. The molecule has 0 aliphatic heterocycles. The van der Waals surface area contributed by atoms with E-state index in [1.165, 1.54) is 30.4 Å². The molecule has 3 aromatic rings. The van der Waals surface area contributed by atoms with E-state index in [2.05, 4.69) is 46.2 Å². The second kappa shape index (κ2) is 8.26. The highest BCUT2D eigenvalue weighted by molar-refractivity contribution is 6.00. The van der Waals surface area contributed by atoms with Crippen LogP contribution in [0.15, 0.2) is 65.8 Å². The molecule has 2 N–H and O–H groups in total. The molecular weight excluding hydrogens is 346 g/mol. The van der Waals surface area contributed by atoms with Crippen LogP contribution in [0.1, 0.15) is 36.5 Å².